The molecule has 0 radical (unpaired) electrons. The van der Waals surface area contributed by atoms with Crippen molar-refractivity contribution in [2.45, 2.75) is 6.42 Å². The van der Waals surface area contributed by atoms with Crippen LogP contribution in [-0.2, 0) is 13.5 Å². The lowest BCUT2D eigenvalue weighted by Gasteiger charge is -2.14. The highest BCUT2D eigenvalue weighted by Crippen LogP contribution is 1.97. The smallest absolute Gasteiger partial charge is 0.193 e. The van der Waals surface area contributed by atoms with Crippen molar-refractivity contribution < 1.29 is 0 Å². The molecule has 82 valence electrons. The van der Waals surface area contributed by atoms with Gasteiger partial charge in [-0.25, -0.2) is 0 Å². The Morgan fingerprint density at radius 2 is 2.33 bits per heavy atom. The van der Waals surface area contributed by atoms with E-state index in [4.69, 9.17) is 0 Å². The molecule has 0 saturated heterocycles. The monoisotopic (exact) mass is 207 g/mol. The number of aryl methyl sites for hydroxylation is 1. The first-order valence-electron chi connectivity index (χ1n) is 5.24. The lowest BCUT2D eigenvalue weighted by Crippen LogP contribution is -2.36. The van der Waals surface area contributed by atoms with Crippen LogP contribution in [0.5, 0.6) is 0 Å². The minimum Gasteiger partial charge on any atom is -0.356 e. The van der Waals surface area contributed by atoms with E-state index in [1.165, 1.54) is 0 Å². The second-order valence-electron chi connectivity index (χ2n) is 3.78. The second-order valence-corrected chi connectivity index (χ2v) is 3.78. The average Bonchev–Trinajstić information content (AvgIpc) is 2.77. The van der Waals surface area contributed by atoms with Crippen LogP contribution in [0.1, 0.15) is 5.69 Å². The van der Waals surface area contributed by atoms with Crippen LogP contribution in [0, 0.1) is 0 Å². The quantitative estimate of drug-likeness (QED) is 0.750. The lowest BCUT2D eigenvalue weighted by molar-refractivity contribution is 0.534. The van der Waals surface area contributed by atoms with Gasteiger partial charge in [0.15, 0.2) is 5.96 Å². The molecule has 0 amide bonds. The molecule has 5 heteroatoms. The van der Waals surface area contributed by atoms with Crippen molar-refractivity contribution in [3.8, 4) is 0 Å². The molecule has 0 aliphatic carbocycles. The summed E-state index contributed by atoms with van der Waals surface area (Å²) >= 11 is 0. The van der Waals surface area contributed by atoms with Crippen LogP contribution < -0.4 is 5.32 Å². The Hall–Kier alpha value is -1.52. The summed E-state index contributed by atoms with van der Waals surface area (Å²) < 4.78 is 1.83. The van der Waals surface area contributed by atoms with E-state index < -0.39 is 0 Å². The summed E-state index contributed by atoms with van der Waals surface area (Å²) in [5.41, 5.74) is 1.12. The molecule has 1 aliphatic heterocycles. The number of aliphatic imine (C=N–C) groups is 1. The highest BCUT2D eigenvalue weighted by molar-refractivity contribution is 5.81. The molecule has 0 unspecified atom stereocenters. The minimum atomic E-state index is 0.889. The molecule has 0 atom stereocenters. The fourth-order valence-electron chi connectivity index (χ4n) is 1.62. The maximum Gasteiger partial charge on any atom is 0.193 e. The van der Waals surface area contributed by atoms with Gasteiger partial charge in [-0.05, 0) is 6.07 Å². The zero-order valence-electron chi connectivity index (χ0n) is 9.27. The number of aromatic nitrogens is 2. The predicted octanol–water partition coefficient (Wildman–Crippen LogP) is -0.146. The molecule has 5 nitrogen and oxygen atoms in total. The Bertz CT molecular complexity index is 354. The third-order valence-electron chi connectivity index (χ3n) is 2.49. The topological polar surface area (TPSA) is 45.5 Å². The highest BCUT2D eigenvalue weighted by atomic mass is 15.3. The first-order valence-corrected chi connectivity index (χ1v) is 5.24. The molecule has 1 N–H and O–H groups in total. The van der Waals surface area contributed by atoms with Crippen molar-refractivity contribution in [3.63, 3.8) is 0 Å². The highest BCUT2D eigenvalue weighted by Gasteiger charge is 2.10. The van der Waals surface area contributed by atoms with Crippen LogP contribution in [-0.4, -0.2) is 47.3 Å². The van der Waals surface area contributed by atoms with E-state index in [-0.39, 0.29) is 0 Å². The summed E-state index contributed by atoms with van der Waals surface area (Å²) in [5.74, 6) is 1.01. The Morgan fingerprint density at radius 1 is 1.47 bits per heavy atom. The molecule has 0 fully saturated rings. The summed E-state index contributed by atoms with van der Waals surface area (Å²) in [6.45, 7) is 2.81. The number of nitrogens with zero attached hydrogens (tertiary/aromatic N) is 4. The molecular weight excluding hydrogens is 190 g/mol. The Labute approximate surface area is 89.8 Å². The first-order chi connectivity index (χ1) is 7.25. The fraction of sp³-hybridized carbons (Fsp3) is 0.600. The van der Waals surface area contributed by atoms with Gasteiger partial charge in [-0.3, -0.25) is 9.67 Å². The van der Waals surface area contributed by atoms with Gasteiger partial charge in [-0.15, -0.1) is 0 Å². The maximum absolute atomic E-state index is 4.36. The SMILES string of the molecule is CN1CCN=C1NCCc1ccn(C)n1. The molecular formula is C10H17N5. The normalized spacial score (nSPS) is 15.6. The molecule has 0 aromatic carbocycles. The van der Waals surface area contributed by atoms with Crippen molar-refractivity contribution in [2.75, 3.05) is 26.7 Å². The third kappa shape index (κ3) is 2.49. The van der Waals surface area contributed by atoms with E-state index in [0.717, 1.165) is 37.7 Å². The number of hydrogen-bond acceptors (Lipinski definition) is 4. The van der Waals surface area contributed by atoms with E-state index >= 15 is 0 Å². The van der Waals surface area contributed by atoms with E-state index in [1.54, 1.807) is 0 Å². The van der Waals surface area contributed by atoms with Gasteiger partial charge in [0.2, 0.25) is 0 Å². The van der Waals surface area contributed by atoms with Gasteiger partial charge in [0.05, 0.1) is 12.2 Å². The Balaban J connectivity index is 1.75. The third-order valence-corrected chi connectivity index (χ3v) is 2.49. The van der Waals surface area contributed by atoms with Crippen molar-refractivity contribution in [1.29, 1.82) is 0 Å². The van der Waals surface area contributed by atoms with Gasteiger partial charge < -0.3 is 10.2 Å². The van der Waals surface area contributed by atoms with E-state index in [1.807, 2.05) is 24.0 Å². The van der Waals surface area contributed by atoms with Crippen molar-refractivity contribution in [2.24, 2.45) is 12.0 Å². The molecule has 1 aliphatic rings. The Kier molecular flexibility index (Phi) is 2.89. The zero-order valence-corrected chi connectivity index (χ0v) is 9.27. The van der Waals surface area contributed by atoms with Crippen molar-refractivity contribution in [1.82, 2.24) is 20.0 Å². The van der Waals surface area contributed by atoms with Gasteiger partial charge in [0.1, 0.15) is 0 Å². The van der Waals surface area contributed by atoms with Gasteiger partial charge in [0.25, 0.3) is 0 Å². The van der Waals surface area contributed by atoms with Crippen molar-refractivity contribution in [3.05, 3.63) is 18.0 Å². The van der Waals surface area contributed by atoms with Crippen LogP contribution in [0.3, 0.4) is 0 Å². The number of likely N-dealkylation sites (N-methyl/N-ethyl adjacent to an activating group) is 1. The van der Waals surface area contributed by atoms with E-state index in [0.29, 0.717) is 0 Å². The van der Waals surface area contributed by atoms with E-state index in [2.05, 4.69) is 27.4 Å². The summed E-state index contributed by atoms with van der Waals surface area (Å²) in [7, 11) is 3.99. The van der Waals surface area contributed by atoms with Crippen LogP contribution >= 0.6 is 0 Å². The largest absolute Gasteiger partial charge is 0.356 e. The zero-order chi connectivity index (χ0) is 10.7. The average molecular weight is 207 g/mol. The standard InChI is InChI=1S/C10H17N5/c1-14-8-6-12-10(14)11-5-3-9-4-7-15(2)13-9/h4,7H,3,5-6,8H2,1-2H3,(H,11,12). The van der Waals surface area contributed by atoms with Gasteiger partial charge in [0, 0.05) is 39.8 Å². The molecule has 1 aromatic rings. The Morgan fingerprint density at radius 3 is 2.93 bits per heavy atom. The number of guanidine groups is 1. The molecule has 2 heterocycles. The summed E-state index contributed by atoms with van der Waals surface area (Å²) in [6, 6.07) is 2.04. The molecule has 1 aromatic heterocycles. The number of nitrogens with one attached hydrogen (secondary N) is 1. The number of rotatable bonds is 3. The van der Waals surface area contributed by atoms with Gasteiger partial charge in [-0.2, -0.15) is 5.10 Å². The minimum absolute atomic E-state index is 0.889. The van der Waals surface area contributed by atoms with Gasteiger partial charge >= 0.3 is 0 Å². The summed E-state index contributed by atoms with van der Waals surface area (Å²) in [4.78, 5) is 6.50. The molecule has 0 bridgehead atoms. The van der Waals surface area contributed by atoms with Crippen molar-refractivity contribution >= 4 is 5.96 Å². The molecule has 2 rings (SSSR count). The maximum atomic E-state index is 4.36. The molecule has 15 heavy (non-hydrogen) atoms. The van der Waals surface area contributed by atoms with Crippen LogP contribution in [0.2, 0.25) is 0 Å². The predicted molar refractivity (Wildman–Crippen MR) is 59.8 cm³/mol. The van der Waals surface area contributed by atoms with Crippen LogP contribution in [0.4, 0.5) is 0 Å². The second kappa shape index (κ2) is 4.33. The molecule has 0 spiro atoms. The molecule has 0 saturated carbocycles. The van der Waals surface area contributed by atoms with Crippen LogP contribution in [0.15, 0.2) is 17.3 Å². The number of hydrogen-bond donors (Lipinski definition) is 1. The first kappa shape index (κ1) is 10.0. The van der Waals surface area contributed by atoms with E-state index in [9.17, 15) is 0 Å². The summed E-state index contributed by atoms with van der Waals surface area (Å²) in [5, 5.41) is 7.63. The fourth-order valence-corrected chi connectivity index (χ4v) is 1.62. The lowest BCUT2D eigenvalue weighted by atomic mass is 10.3. The summed E-state index contributed by atoms with van der Waals surface area (Å²) in [6.07, 6.45) is 2.91. The van der Waals surface area contributed by atoms with Gasteiger partial charge in [-0.1, -0.05) is 0 Å². The van der Waals surface area contributed by atoms with Crippen LogP contribution in [0.25, 0.3) is 0 Å².